The van der Waals surface area contributed by atoms with Crippen molar-refractivity contribution in [1.29, 1.82) is 0 Å². The molecule has 0 aliphatic rings. The summed E-state index contributed by atoms with van der Waals surface area (Å²) < 4.78 is 25.5. The van der Waals surface area contributed by atoms with Crippen LogP contribution >= 0.6 is 11.6 Å². The SMILES string of the molecule is CN(C)c1ccc(NC(=O)c2cc(S(=O)(=O)N(C)C)ccc2Cl)cn1. The van der Waals surface area contributed by atoms with Crippen molar-refractivity contribution in [3.8, 4) is 0 Å². The van der Waals surface area contributed by atoms with E-state index in [0.717, 1.165) is 10.1 Å². The summed E-state index contributed by atoms with van der Waals surface area (Å²) in [5, 5.41) is 2.82. The molecule has 1 amide bonds. The maximum Gasteiger partial charge on any atom is 0.257 e. The molecule has 1 aromatic heterocycles. The Morgan fingerprint density at radius 2 is 1.80 bits per heavy atom. The van der Waals surface area contributed by atoms with Gasteiger partial charge in [-0.2, -0.15) is 0 Å². The summed E-state index contributed by atoms with van der Waals surface area (Å²) >= 11 is 6.06. The molecule has 0 aliphatic carbocycles. The molecule has 7 nitrogen and oxygen atoms in total. The summed E-state index contributed by atoms with van der Waals surface area (Å²) in [4.78, 5) is 18.5. The summed E-state index contributed by atoms with van der Waals surface area (Å²) in [7, 11) is 2.89. The van der Waals surface area contributed by atoms with Crippen LogP contribution in [0.5, 0.6) is 0 Å². The molecule has 25 heavy (non-hydrogen) atoms. The standard InChI is InChI=1S/C16H19ClN4O3S/c1-20(2)15-8-5-11(10-18-15)19-16(22)13-9-12(6-7-14(13)17)25(23,24)21(3)4/h5-10H,1-4H3,(H,19,22). The highest BCUT2D eigenvalue weighted by Gasteiger charge is 2.21. The monoisotopic (exact) mass is 382 g/mol. The molecule has 0 radical (unpaired) electrons. The van der Waals surface area contributed by atoms with Gasteiger partial charge in [0.1, 0.15) is 5.82 Å². The van der Waals surface area contributed by atoms with Crippen molar-refractivity contribution in [1.82, 2.24) is 9.29 Å². The lowest BCUT2D eigenvalue weighted by Gasteiger charge is -2.14. The van der Waals surface area contributed by atoms with Gasteiger partial charge in [-0.15, -0.1) is 0 Å². The van der Waals surface area contributed by atoms with Crippen LogP contribution in [0.15, 0.2) is 41.4 Å². The van der Waals surface area contributed by atoms with Gasteiger partial charge in [-0.3, -0.25) is 4.79 Å². The van der Waals surface area contributed by atoms with E-state index in [0.29, 0.717) is 5.69 Å². The fourth-order valence-corrected chi connectivity index (χ4v) is 3.10. The van der Waals surface area contributed by atoms with Gasteiger partial charge in [0.15, 0.2) is 0 Å². The number of nitrogens with one attached hydrogen (secondary N) is 1. The fraction of sp³-hybridized carbons (Fsp3) is 0.250. The molecule has 2 rings (SSSR count). The lowest BCUT2D eigenvalue weighted by molar-refractivity contribution is 0.102. The van der Waals surface area contributed by atoms with E-state index in [4.69, 9.17) is 11.6 Å². The lowest BCUT2D eigenvalue weighted by Crippen LogP contribution is -2.23. The highest BCUT2D eigenvalue weighted by atomic mass is 35.5. The number of sulfonamides is 1. The fourth-order valence-electron chi connectivity index (χ4n) is 1.97. The van der Waals surface area contributed by atoms with Crippen molar-refractivity contribution in [3.05, 3.63) is 47.1 Å². The first kappa shape index (κ1) is 19.2. The minimum Gasteiger partial charge on any atom is -0.363 e. The van der Waals surface area contributed by atoms with Crippen molar-refractivity contribution in [3.63, 3.8) is 0 Å². The number of hydrogen-bond acceptors (Lipinski definition) is 5. The van der Waals surface area contributed by atoms with Crippen LogP contribution in [0.2, 0.25) is 5.02 Å². The largest absolute Gasteiger partial charge is 0.363 e. The van der Waals surface area contributed by atoms with Gasteiger partial charge >= 0.3 is 0 Å². The Bertz CT molecular complexity index is 881. The Balaban J connectivity index is 2.30. The maximum absolute atomic E-state index is 12.5. The number of carbonyl (C=O) groups excluding carboxylic acids is 1. The topological polar surface area (TPSA) is 82.6 Å². The van der Waals surface area contributed by atoms with Gasteiger partial charge in [-0.25, -0.2) is 17.7 Å². The molecule has 0 atom stereocenters. The van der Waals surface area contributed by atoms with E-state index in [9.17, 15) is 13.2 Å². The Morgan fingerprint density at radius 3 is 2.32 bits per heavy atom. The lowest BCUT2D eigenvalue weighted by atomic mass is 10.2. The second kappa shape index (κ2) is 7.38. The van der Waals surface area contributed by atoms with E-state index in [2.05, 4.69) is 10.3 Å². The number of nitrogens with zero attached hydrogens (tertiary/aromatic N) is 3. The quantitative estimate of drug-likeness (QED) is 0.857. The van der Waals surface area contributed by atoms with E-state index in [-0.39, 0.29) is 15.5 Å². The molecule has 1 aromatic carbocycles. The number of anilines is 2. The molecule has 2 aromatic rings. The van der Waals surface area contributed by atoms with Crippen LogP contribution < -0.4 is 10.2 Å². The zero-order chi connectivity index (χ0) is 18.8. The Kier molecular flexibility index (Phi) is 5.66. The molecule has 1 heterocycles. The molecule has 0 aliphatic heterocycles. The van der Waals surface area contributed by atoms with E-state index in [1.165, 1.54) is 38.5 Å². The number of carbonyl (C=O) groups is 1. The first-order valence-electron chi connectivity index (χ1n) is 7.29. The third-order valence-electron chi connectivity index (χ3n) is 3.42. The predicted octanol–water partition coefficient (Wildman–Crippen LogP) is 2.30. The number of rotatable bonds is 5. The number of hydrogen-bond donors (Lipinski definition) is 1. The van der Waals surface area contributed by atoms with E-state index < -0.39 is 15.9 Å². The Hall–Kier alpha value is -2.16. The van der Waals surface area contributed by atoms with Crippen molar-refractivity contribution < 1.29 is 13.2 Å². The number of pyridine rings is 1. The van der Waals surface area contributed by atoms with E-state index in [1.54, 1.807) is 12.1 Å². The molecule has 134 valence electrons. The molecule has 0 saturated carbocycles. The first-order valence-corrected chi connectivity index (χ1v) is 9.11. The number of aromatic nitrogens is 1. The third-order valence-corrected chi connectivity index (χ3v) is 5.57. The van der Waals surface area contributed by atoms with Crippen molar-refractivity contribution >= 4 is 39.0 Å². The van der Waals surface area contributed by atoms with Gasteiger partial charge in [0.05, 0.1) is 27.4 Å². The molecular formula is C16H19ClN4O3S. The zero-order valence-corrected chi connectivity index (χ0v) is 15.9. The van der Waals surface area contributed by atoms with Crippen molar-refractivity contribution in [2.24, 2.45) is 0 Å². The molecule has 0 saturated heterocycles. The van der Waals surface area contributed by atoms with Gasteiger partial charge in [0, 0.05) is 28.2 Å². The normalized spacial score (nSPS) is 11.4. The van der Waals surface area contributed by atoms with Crippen LogP contribution in [0.3, 0.4) is 0 Å². The molecule has 0 bridgehead atoms. The summed E-state index contributed by atoms with van der Waals surface area (Å²) in [6.45, 7) is 0. The van der Waals surface area contributed by atoms with Gasteiger partial charge in [0.25, 0.3) is 5.91 Å². The van der Waals surface area contributed by atoms with Crippen molar-refractivity contribution in [2.45, 2.75) is 4.90 Å². The summed E-state index contributed by atoms with van der Waals surface area (Å²) in [6.07, 6.45) is 1.52. The Labute approximate surface area is 152 Å². The zero-order valence-electron chi connectivity index (χ0n) is 14.3. The molecule has 0 unspecified atom stereocenters. The second-order valence-corrected chi connectivity index (χ2v) is 8.24. The highest BCUT2D eigenvalue weighted by molar-refractivity contribution is 7.89. The summed E-state index contributed by atoms with van der Waals surface area (Å²) in [5.41, 5.74) is 0.550. The molecule has 1 N–H and O–H groups in total. The van der Waals surface area contributed by atoms with Crippen LogP contribution in [0.25, 0.3) is 0 Å². The molecule has 9 heteroatoms. The first-order chi connectivity index (χ1) is 11.6. The average molecular weight is 383 g/mol. The van der Waals surface area contributed by atoms with E-state index in [1.807, 2.05) is 19.0 Å². The third kappa shape index (κ3) is 4.28. The van der Waals surface area contributed by atoms with Gasteiger partial charge in [-0.05, 0) is 30.3 Å². The predicted molar refractivity (Wildman–Crippen MR) is 98.8 cm³/mol. The van der Waals surface area contributed by atoms with E-state index >= 15 is 0 Å². The molecule has 0 fully saturated rings. The maximum atomic E-state index is 12.5. The summed E-state index contributed by atoms with van der Waals surface area (Å²) in [6, 6.07) is 7.47. The van der Waals surface area contributed by atoms with Crippen molar-refractivity contribution in [2.75, 3.05) is 38.4 Å². The second-order valence-electron chi connectivity index (χ2n) is 5.68. The van der Waals surface area contributed by atoms with Crippen LogP contribution in [0.1, 0.15) is 10.4 Å². The van der Waals surface area contributed by atoms with Gasteiger partial charge in [0.2, 0.25) is 10.0 Å². The number of amides is 1. The molecular weight excluding hydrogens is 364 g/mol. The smallest absolute Gasteiger partial charge is 0.257 e. The number of halogens is 1. The summed E-state index contributed by atoms with van der Waals surface area (Å²) in [5.74, 6) is 0.232. The van der Waals surface area contributed by atoms with Crippen LogP contribution in [0.4, 0.5) is 11.5 Å². The van der Waals surface area contributed by atoms with Crippen LogP contribution in [-0.4, -0.2) is 51.8 Å². The van der Waals surface area contributed by atoms with Gasteiger partial charge < -0.3 is 10.2 Å². The minimum absolute atomic E-state index is 0.00636. The minimum atomic E-state index is -3.66. The van der Waals surface area contributed by atoms with Crippen LogP contribution in [-0.2, 0) is 10.0 Å². The highest BCUT2D eigenvalue weighted by Crippen LogP contribution is 2.23. The van der Waals surface area contributed by atoms with Crippen LogP contribution in [0, 0.1) is 0 Å². The average Bonchev–Trinajstić information content (AvgIpc) is 2.55. The Morgan fingerprint density at radius 1 is 1.12 bits per heavy atom. The number of benzene rings is 1. The molecule has 0 spiro atoms. The van der Waals surface area contributed by atoms with Gasteiger partial charge in [-0.1, -0.05) is 11.6 Å².